The van der Waals surface area contributed by atoms with Crippen molar-refractivity contribution in [1.29, 1.82) is 0 Å². The molecule has 1 aromatic carbocycles. The Morgan fingerprint density at radius 2 is 1.60 bits per heavy atom. The second-order valence-corrected chi connectivity index (χ2v) is 10.4. The van der Waals surface area contributed by atoms with Crippen molar-refractivity contribution in [3.8, 4) is 5.75 Å². The smallest absolute Gasteiger partial charge is 0.119 e. The van der Waals surface area contributed by atoms with Gasteiger partial charge in [0.2, 0.25) is 0 Å². The Labute approximate surface area is 157 Å². The summed E-state index contributed by atoms with van der Waals surface area (Å²) in [7, 11) is 0. The van der Waals surface area contributed by atoms with E-state index >= 15 is 0 Å². The van der Waals surface area contributed by atoms with Gasteiger partial charge in [-0.15, -0.1) is 0 Å². The van der Waals surface area contributed by atoms with Crippen molar-refractivity contribution in [1.82, 2.24) is 4.72 Å². The molecule has 0 bridgehead atoms. The molecule has 4 heteroatoms. The summed E-state index contributed by atoms with van der Waals surface area (Å²) in [4.78, 5) is 0. The van der Waals surface area contributed by atoms with Crippen LogP contribution in [-0.2, 0) is 0 Å². The van der Waals surface area contributed by atoms with Crippen molar-refractivity contribution >= 4 is 17.6 Å². The molecule has 0 spiro atoms. The molecular weight excluding hydrogens is 328 g/mol. The quantitative estimate of drug-likeness (QED) is 0.600. The van der Waals surface area contributed by atoms with E-state index in [0.717, 1.165) is 30.7 Å². The van der Waals surface area contributed by atoms with Gasteiger partial charge in [-0.1, -0.05) is 11.9 Å². The predicted octanol–water partition coefficient (Wildman–Crippen LogP) is 5.48. The van der Waals surface area contributed by atoms with Crippen LogP contribution < -0.4 is 14.8 Å². The van der Waals surface area contributed by atoms with Gasteiger partial charge in [0.05, 0.1) is 6.61 Å². The zero-order valence-corrected chi connectivity index (χ0v) is 16.8. The van der Waals surface area contributed by atoms with Crippen molar-refractivity contribution < 1.29 is 4.74 Å². The lowest BCUT2D eigenvalue weighted by atomic mass is 9.86. The van der Waals surface area contributed by atoms with Gasteiger partial charge in [-0.25, -0.2) is 0 Å². The van der Waals surface area contributed by atoms with Crippen LogP contribution in [0.15, 0.2) is 24.3 Å². The highest BCUT2D eigenvalue weighted by atomic mass is 32.2. The maximum absolute atomic E-state index is 5.80. The normalized spacial score (nSPS) is 24.1. The molecule has 1 aromatic rings. The minimum atomic E-state index is 0.299. The van der Waals surface area contributed by atoms with Gasteiger partial charge in [0.15, 0.2) is 0 Å². The summed E-state index contributed by atoms with van der Waals surface area (Å²) in [5.41, 5.74) is 1.21. The molecule has 0 aliphatic heterocycles. The van der Waals surface area contributed by atoms with Crippen LogP contribution in [0.3, 0.4) is 0 Å². The van der Waals surface area contributed by atoms with E-state index in [1.807, 2.05) is 11.9 Å². The third kappa shape index (κ3) is 7.10. The fourth-order valence-corrected chi connectivity index (χ4v) is 3.93. The monoisotopic (exact) mass is 362 g/mol. The summed E-state index contributed by atoms with van der Waals surface area (Å²) in [6.45, 7) is 8.77. The number of nitrogens with one attached hydrogen (secondary N) is 2. The van der Waals surface area contributed by atoms with Crippen LogP contribution >= 0.6 is 11.9 Å². The van der Waals surface area contributed by atoms with E-state index in [1.165, 1.54) is 44.2 Å². The lowest BCUT2D eigenvalue weighted by molar-refractivity contribution is 0.300. The van der Waals surface area contributed by atoms with E-state index in [9.17, 15) is 0 Å². The zero-order valence-electron chi connectivity index (χ0n) is 16.0. The van der Waals surface area contributed by atoms with Gasteiger partial charge in [0.25, 0.3) is 0 Å². The topological polar surface area (TPSA) is 33.3 Å². The van der Waals surface area contributed by atoms with Gasteiger partial charge >= 0.3 is 0 Å². The number of benzene rings is 1. The average molecular weight is 363 g/mol. The highest BCUT2D eigenvalue weighted by Crippen LogP contribution is 2.30. The summed E-state index contributed by atoms with van der Waals surface area (Å²) in [6, 6.07) is 9.17. The van der Waals surface area contributed by atoms with Crippen molar-refractivity contribution in [3.63, 3.8) is 0 Å². The van der Waals surface area contributed by atoms with Gasteiger partial charge < -0.3 is 10.1 Å². The van der Waals surface area contributed by atoms with Crippen molar-refractivity contribution in [3.05, 3.63) is 24.3 Å². The molecule has 0 aromatic heterocycles. The molecule has 0 saturated heterocycles. The van der Waals surface area contributed by atoms with E-state index in [1.54, 1.807) is 0 Å². The van der Waals surface area contributed by atoms with E-state index < -0.39 is 0 Å². The Morgan fingerprint density at radius 1 is 0.960 bits per heavy atom. The molecule has 2 aliphatic rings. The maximum Gasteiger partial charge on any atom is 0.119 e. The number of anilines is 1. The van der Waals surface area contributed by atoms with Gasteiger partial charge in [-0.3, -0.25) is 4.72 Å². The van der Waals surface area contributed by atoms with Crippen molar-refractivity contribution in [2.45, 2.75) is 70.1 Å². The molecule has 2 N–H and O–H groups in total. The molecule has 0 amide bonds. The Kier molecular flexibility index (Phi) is 6.56. The maximum atomic E-state index is 5.80. The summed E-state index contributed by atoms with van der Waals surface area (Å²) in [5, 5.41) is 3.61. The predicted molar refractivity (Wildman–Crippen MR) is 109 cm³/mol. The standard InChI is InChI=1S/C21H34N2OS/c1-21(2,3)25-23-19-8-6-16(7-9-19)14-22-18-10-12-20(13-11-18)24-15-17-4-5-17/h10-13,16-17,19,22-23H,4-9,14-15H2,1-3H3/t16-,19-. The van der Waals surface area contributed by atoms with E-state index in [-0.39, 0.29) is 0 Å². The molecule has 140 valence electrons. The third-order valence-corrected chi connectivity index (χ3v) is 6.07. The largest absolute Gasteiger partial charge is 0.493 e. The second-order valence-electron chi connectivity index (χ2n) is 8.71. The molecule has 0 unspecified atom stereocenters. The molecule has 2 fully saturated rings. The van der Waals surface area contributed by atoms with Crippen LogP contribution in [0.2, 0.25) is 0 Å². The Balaban J connectivity index is 1.32. The molecule has 0 atom stereocenters. The zero-order chi connectivity index (χ0) is 17.7. The fraction of sp³-hybridized carbons (Fsp3) is 0.714. The van der Waals surface area contributed by atoms with Crippen LogP contribution in [0.5, 0.6) is 5.75 Å². The molecule has 3 rings (SSSR count). The minimum Gasteiger partial charge on any atom is -0.493 e. The first-order valence-electron chi connectivity index (χ1n) is 9.88. The summed E-state index contributed by atoms with van der Waals surface area (Å²) in [6.07, 6.45) is 7.90. The van der Waals surface area contributed by atoms with Crippen LogP contribution in [-0.4, -0.2) is 23.9 Å². The number of rotatable bonds is 8. The lowest BCUT2D eigenvalue weighted by Crippen LogP contribution is -2.33. The molecule has 2 saturated carbocycles. The number of hydrogen-bond acceptors (Lipinski definition) is 4. The molecule has 0 heterocycles. The van der Waals surface area contributed by atoms with Gasteiger partial charge in [-0.2, -0.15) is 0 Å². The van der Waals surface area contributed by atoms with E-state index in [4.69, 9.17) is 4.74 Å². The molecule has 25 heavy (non-hydrogen) atoms. The van der Waals surface area contributed by atoms with Crippen LogP contribution in [0.25, 0.3) is 0 Å². The highest BCUT2D eigenvalue weighted by Gasteiger charge is 2.23. The first kappa shape index (κ1) is 18.9. The van der Waals surface area contributed by atoms with E-state index in [2.05, 4.69) is 55.1 Å². The summed E-state index contributed by atoms with van der Waals surface area (Å²) >= 11 is 1.88. The third-order valence-electron chi connectivity index (χ3n) is 5.01. The number of ether oxygens (including phenoxy) is 1. The minimum absolute atomic E-state index is 0.299. The van der Waals surface area contributed by atoms with E-state index in [0.29, 0.717) is 10.8 Å². The molecular formula is C21H34N2OS. The summed E-state index contributed by atoms with van der Waals surface area (Å²) in [5.74, 6) is 2.60. The van der Waals surface area contributed by atoms with Gasteiger partial charge in [0, 0.05) is 23.0 Å². The molecule has 3 nitrogen and oxygen atoms in total. The van der Waals surface area contributed by atoms with Gasteiger partial charge in [-0.05, 0) is 95.4 Å². The Hall–Kier alpha value is -0.870. The average Bonchev–Trinajstić information content (AvgIpc) is 3.42. The van der Waals surface area contributed by atoms with Crippen LogP contribution in [0.4, 0.5) is 5.69 Å². The van der Waals surface area contributed by atoms with Crippen LogP contribution in [0.1, 0.15) is 59.3 Å². The SMILES string of the molecule is CC(C)(C)SN[C@H]1CC[C@H](CNc2ccc(OCC3CC3)cc2)CC1. The first-order valence-corrected chi connectivity index (χ1v) is 10.7. The summed E-state index contributed by atoms with van der Waals surface area (Å²) < 4.78 is 9.77. The highest BCUT2D eigenvalue weighted by molar-refractivity contribution is 7.98. The van der Waals surface area contributed by atoms with Gasteiger partial charge in [0.1, 0.15) is 5.75 Å². The van der Waals surface area contributed by atoms with Crippen molar-refractivity contribution in [2.75, 3.05) is 18.5 Å². The second kappa shape index (κ2) is 8.68. The van der Waals surface area contributed by atoms with Crippen molar-refractivity contribution in [2.24, 2.45) is 11.8 Å². The fourth-order valence-electron chi connectivity index (χ4n) is 3.17. The molecule has 0 radical (unpaired) electrons. The lowest BCUT2D eigenvalue weighted by Gasteiger charge is -2.31. The molecule has 2 aliphatic carbocycles. The Morgan fingerprint density at radius 3 is 2.20 bits per heavy atom. The number of hydrogen-bond donors (Lipinski definition) is 2. The first-order chi connectivity index (χ1) is 12.0. The van der Waals surface area contributed by atoms with Crippen LogP contribution in [0, 0.1) is 11.8 Å². The Bertz CT molecular complexity index is 514.